The predicted molar refractivity (Wildman–Crippen MR) is 74.2 cm³/mol. The monoisotopic (exact) mass is 327 g/mol. The van der Waals surface area contributed by atoms with E-state index in [1.54, 1.807) is 11.0 Å². The van der Waals surface area contributed by atoms with Gasteiger partial charge in [0.05, 0.1) is 4.92 Å². The number of nitro benzene ring substituents is 1. The van der Waals surface area contributed by atoms with Gasteiger partial charge in [0.15, 0.2) is 0 Å². The molecule has 6 nitrogen and oxygen atoms in total. The van der Waals surface area contributed by atoms with Crippen molar-refractivity contribution in [2.24, 2.45) is 0 Å². The lowest BCUT2D eigenvalue weighted by atomic mass is 10.1. The highest BCUT2D eigenvalue weighted by Gasteiger charge is 2.23. The molecule has 102 valence electrons. The molecule has 1 N–H and O–H groups in total. The number of nitrogens with zero attached hydrogens (tertiary/aromatic N) is 2. The van der Waals surface area contributed by atoms with E-state index in [0.717, 1.165) is 6.54 Å². The van der Waals surface area contributed by atoms with Gasteiger partial charge in [0.25, 0.3) is 11.6 Å². The Kier molecular flexibility index (Phi) is 4.16. The average molecular weight is 328 g/mol. The normalized spacial score (nSPS) is 19.3. The number of nitrogens with one attached hydrogen (secondary N) is 1. The van der Waals surface area contributed by atoms with E-state index in [2.05, 4.69) is 21.2 Å². The van der Waals surface area contributed by atoms with Crippen LogP contribution >= 0.6 is 15.9 Å². The van der Waals surface area contributed by atoms with Crippen LogP contribution in [0.4, 0.5) is 5.69 Å². The van der Waals surface area contributed by atoms with Crippen molar-refractivity contribution in [1.29, 1.82) is 0 Å². The summed E-state index contributed by atoms with van der Waals surface area (Å²) in [6.07, 6.45) is 0. The predicted octanol–water partition coefficient (Wildman–Crippen LogP) is 1.79. The standard InChI is InChI=1S/C12H14BrN3O3/c1-8-7-15(3-2-14-8)12(17)9-4-10(13)6-11(5-9)16(18)19/h4-6,8,14H,2-3,7H2,1H3. The van der Waals surface area contributed by atoms with Crippen molar-refractivity contribution in [3.63, 3.8) is 0 Å². The van der Waals surface area contributed by atoms with Crippen LogP contribution in [0.2, 0.25) is 0 Å². The van der Waals surface area contributed by atoms with Crippen LogP contribution in [0, 0.1) is 10.1 Å². The Labute approximate surface area is 119 Å². The summed E-state index contributed by atoms with van der Waals surface area (Å²) >= 11 is 3.20. The van der Waals surface area contributed by atoms with Crippen LogP contribution in [0.5, 0.6) is 0 Å². The van der Waals surface area contributed by atoms with Gasteiger partial charge in [-0.2, -0.15) is 0 Å². The molecule has 1 atom stereocenters. The maximum absolute atomic E-state index is 12.3. The number of nitro groups is 1. The lowest BCUT2D eigenvalue weighted by molar-refractivity contribution is -0.385. The molecule has 1 amide bonds. The van der Waals surface area contributed by atoms with Crippen molar-refractivity contribution >= 4 is 27.5 Å². The minimum absolute atomic E-state index is 0.0825. The average Bonchev–Trinajstić information content (AvgIpc) is 2.37. The number of rotatable bonds is 2. The van der Waals surface area contributed by atoms with Gasteiger partial charge in [-0.05, 0) is 13.0 Å². The summed E-state index contributed by atoms with van der Waals surface area (Å²) in [7, 11) is 0. The van der Waals surface area contributed by atoms with Crippen molar-refractivity contribution in [2.45, 2.75) is 13.0 Å². The summed E-state index contributed by atoms with van der Waals surface area (Å²) in [5.74, 6) is -0.169. The number of non-ortho nitro benzene ring substituents is 1. The third kappa shape index (κ3) is 3.30. The first kappa shape index (κ1) is 14.0. The number of amides is 1. The molecule has 0 radical (unpaired) electrons. The molecule has 1 unspecified atom stereocenters. The molecule has 1 saturated heterocycles. The summed E-state index contributed by atoms with van der Waals surface area (Å²) < 4.78 is 0.535. The fraction of sp³-hybridized carbons (Fsp3) is 0.417. The number of benzene rings is 1. The van der Waals surface area contributed by atoms with E-state index in [0.29, 0.717) is 23.1 Å². The minimum Gasteiger partial charge on any atom is -0.336 e. The molecule has 2 rings (SSSR count). The van der Waals surface area contributed by atoms with Gasteiger partial charge >= 0.3 is 0 Å². The second kappa shape index (κ2) is 5.66. The number of carbonyl (C=O) groups is 1. The third-order valence-corrected chi connectivity index (χ3v) is 3.45. The molecule has 1 aromatic rings. The minimum atomic E-state index is -0.498. The molecule has 7 heteroatoms. The summed E-state index contributed by atoms with van der Waals surface area (Å²) in [5.41, 5.74) is 0.260. The van der Waals surface area contributed by atoms with Gasteiger partial charge < -0.3 is 10.2 Å². The maximum atomic E-state index is 12.3. The van der Waals surface area contributed by atoms with Gasteiger partial charge in [-0.3, -0.25) is 14.9 Å². The first-order valence-corrected chi connectivity index (χ1v) is 6.74. The van der Waals surface area contributed by atoms with E-state index in [1.165, 1.54) is 12.1 Å². The van der Waals surface area contributed by atoms with Gasteiger partial charge in [-0.25, -0.2) is 0 Å². The topological polar surface area (TPSA) is 75.5 Å². The SMILES string of the molecule is CC1CN(C(=O)c2cc(Br)cc([N+](=O)[O-])c2)CCN1. The largest absolute Gasteiger partial charge is 0.336 e. The van der Waals surface area contributed by atoms with E-state index in [1.807, 2.05) is 6.92 Å². The smallest absolute Gasteiger partial charge is 0.271 e. The van der Waals surface area contributed by atoms with Gasteiger partial charge in [0.1, 0.15) is 0 Å². The van der Waals surface area contributed by atoms with Crippen molar-refractivity contribution < 1.29 is 9.72 Å². The zero-order valence-electron chi connectivity index (χ0n) is 10.4. The molecule has 1 aromatic carbocycles. The highest BCUT2D eigenvalue weighted by atomic mass is 79.9. The second-order valence-corrected chi connectivity index (χ2v) is 5.48. The molecular weight excluding hydrogens is 314 g/mol. The third-order valence-electron chi connectivity index (χ3n) is 3.00. The number of halogens is 1. The Morgan fingerprint density at radius 1 is 1.53 bits per heavy atom. The fourth-order valence-electron chi connectivity index (χ4n) is 2.10. The van der Waals surface area contributed by atoms with Crippen LogP contribution in [-0.4, -0.2) is 41.4 Å². The maximum Gasteiger partial charge on any atom is 0.271 e. The Bertz CT molecular complexity index is 521. The lowest BCUT2D eigenvalue weighted by Crippen LogP contribution is -2.51. The number of hydrogen-bond acceptors (Lipinski definition) is 4. The van der Waals surface area contributed by atoms with Gasteiger partial charge in [-0.15, -0.1) is 0 Å². The van der Waals surface area contributed by atoms with Crippen molar-refractivity contribution in [1.82, 2.24) is 10.2 Å². The molecule has 0 bridgehead atoms. The van der Waals surface area contributed by atoms with E-state index in [-0.39, 0.29) is 17.6 Å². The Morgan fingerprint density at radius 2 is 2.26 bits per heavy atom. The number of piperazine rings is 1. The quantitative estimate of drug-likeness (QED) is 0.663. The van der Waals surface area contributed by atoms with E-state index < -0.39 is 4.92 Å². The van der Waals surface area contributed by atoms with E-state index in [9.17, 15) is 14.9 Å². The van der Waals surface area contributed by atoms with Gasteiger partial charge in [0.2, 0.25) is 0 Å². The summed E-state index contributed by atoms with van der Waals surface area (Å²) in [4.78, 5) is 24.4. The highest BCUT2D eigenvalue weighted by Crippen LogP contribution is 2.22. The number of carbonyl (C=O) groups excluding carboxylic acids is 1. The van der Waals surface area contributed by atoms with Gasteiger partial charge in [-0.1, -0.05) is 15.9 Å². The first-order chi connectivity index (χ1) is 8.97. The Balaban J connectivity index is 2.25. The van der Waals surface area contributed by atoms with E-state index in [4.69, 9.17) is 0 Å². The molecule has 0 spiro atoms. The molecule has 0 aliphatic carbocycles. The van der Waals surface area contributed by atoms with Crippen molar-refractivity contribution in [3.05, 3.63) is 38.3 Å². The highest BCUT2D eigenvalue weighted by molar-refractivity contribution is 9.10. The molecule has 0 saturated carbocycles. The molecule has 1 heterocycles. The molecule has 19 heavy (non-hydrogen) atoms. The lowest BCUT2D eigenvalue weighted by Gasteiger charge is -2.31. The first-order valence-electron chi connectivity index (χ1n) is 5.95. The van der Waals surface area contributed by atoms with E-state index >= 15 is 0 Å². The van der Waals surface area contributed by atoms with Crippen LogP contribution in [0.1, 0.15) is 17.3 Å². The molecular formula is C12H14BrN3O3. The second-order valence-electron chi connectivity index (χ2n) is 4.56. The zero-order chi connectivity index (χ0) is 14.0. The molecule has 1 fully saturated rings. The van der Waals surface area contributed by atoms with Crippen LogP contribution in [0.15, 0.2) is 22.7 Å². The summed E-state index contributed by atoms with van der Waals surface area (Å²) in [6.45, 7) is 3.97. The summed E-state index contributed by atoms with van der Waals surface area (Å²) in [5, 5.41) is 14.1. The van der Waals surface area contributed by atoms with Crippen molar-refractivity contribution in [2.75, 3.05) is 19.6 Å². The van der Waals surface area contributed by atoms with Crippen LogP contribution < -0.4 is 5.32 Å². The molecule has 0 aromatic heterocycles. The van der Waals surface area contributed by atoms with Crippen LogP contribution in [0.25, 0.3) is 0 Å². The Hall–Kier alpha value is -1.47. The molecule has 1 aliphatic heterocycles. The number of hydrogen-bond donors (Lipinski definition) is 1. The fourth-order valence-corrected chi connectivity index (χ4v) is 2.58. The summed E-state index contributed by atoms with van der Waals surface area (Å²) in [6, 6.07) is 4.55. The zero-order valence-corrected chi connectivity index (χ0v) is 12.0. The van der Waals surface area contributed by atoms with Crippen molar-refractivity contribution in [3.8, 4) is 0 Å². The Morgan fingerprint density at radius 3 is 2.89 bits per heavy atom. The van der Waals surface area contributed by atoms with Gasteiger partial charge in [0, 0.05) is 47.8 Å². The van der Waals surface area contributed by atoms with Crippen LogP contribution in [0.3, 0.4) is 0 Å². The molecule has 1 aliphatic rings. The van der Waals surface area contributed by atoms with Crippen LogP contribution in [-0.2, 0) is 0 Å².